The molecule has 186 valence electrons. The van der Waals surface area contributed by atoms with Crippen LogP contribution in [0.15, 0.2) is 41.2 Å². The molecule has 36 heavy (non-hydrogen) atoms. The van der Waals surface area contributed by atoms with Crippen molar-refractivity contribution in [1.29, 1.82) is 0 Å². The summed E-state index contributed by atoms with van der Waals surface area (Å²) in [5, 5.41) is 5.39. The highest BCUT2D eigenvalue weighted by atomic mass is 16.5. The third-order valence-corrected chi connectivity index (χ3v) is 6.86. The fraction of sp³-hybridized carbons (Fsp3) is 0.370. The van der Waals surface area contributed by atoms with Crippen molar-refractivity contribution in [2.24, 2.45) is 0 Å². The fourth-order valence-corrected chi connectivity index (χ4v) is 4.87. The van der Waals surface area contributed by atoms with E-state index in [2.05, 4.69) is 36.4 Å². The summed E-state index contributed by atoms with van der Waals surface area (Å²) in [6.45, 7) is 8.20. The van der Waals surface area contributed by atoms with Gasteiger partial charge in [-0.15, -0.1) is 0 Å². The molecule has 9 heteroatoms. The first-order valence-corrected chi connectivity index (χ1v) is 12.0. The Kier molecular flexibility index (Phi) is 5.65. The van der Waals surface area contributed by atoms with Gasteiger partial charge in [-0.05, 0) is 42.5 Å². The normalized spacial score (nSPS) is 19.6. The van der Waals surface area contributed by atoms with Crippen LogP contribution in [0.25, 0.3) is 10.9 Å². The molecular weight excluding hydrogens is 460 g/mol. The number of rotatable bonds is 3. The van der Waals surface area contributed by atoms with Crippen LogP contribution in [-0.4, -0.2) is 33.9 Å². The molecule has 2 unspecified atom stereocenters. The number of hydrogen-bond donors (Lipinski definition) is 2. The fourth-order valence-electron chi connectivity index (χ4n) is 4.87. The molecular formula is C27H28N4O5. The summed E-state index contributed by atoms with van der Waals surface area (Å²) in [5.41, 5.74) is 2.16. The van der Waals surface area contributed by atoms with Crippen molar-refractivity contribution >= 4 is 34.3 Å². The summed E-state index contributed by atoms with van der Waals surface area (Å²) in [5.74, 6) is -0.667. The van der Waals surface area contributed by atoms with E-state index in [1.807, 2.05) is 18.2 Å². The van der Waals surface area contributed by atoms with Crippen LogP contribution in [-0.2, 0) is 19.8 Å². The lowest BCUT2D eigenvalue weighted by Crippen LogP contribution is -2.45. The van der Waals surface area contributed by atoms with Crippen LogP contribution in [0.2, 0.25) is 0 Å². The monoisotopic (exact) mass is 488 g/mol. The molecule has 2 N–H and O–H groups in total. The van der Waals surface area contributed by atoms with Gasteiger partial charge in [-0.2, -0.15) is 0 Å². The Morgan fingerprint density at radius 2 is 1.94 bits per heavy atom. The molecule has 2 aliphatic heterocycles. The van der Waals surface area contributed by atoms with Gasteiger partial charge in [-0.25, -0.2) is 4.98 Å². The van der Waals surface area contributed by atoms with Crippen molar-refractivity contribution in [3.8, 4) is 5.75 Å². The molecule has 0 radical (unpaired) electrons. The average Bonchev–Trinajstić information content (AvgIpc) is 3.23. The Morgan fingerprint density at radius 1 is 1.17 bits per heavy atom. The second-order valence-electron chi connectivity index (χ2n) is 10.4. The number of piperidine rings is 1. The van der Waals surface area contributed by atoms with Gasteiger partial charge in [0, 0.05) is 12.0 Å². The molecule has 3 amide bonds. The second kappa shape index (κ2) is 8.58. The number of carbonyl (C=O) groups is 3. The third-order valence-electron chi connectivity index (χ3n) is 6.86. The number of carbonyl (C=O) groups excluding carboxylic acids is 3. The number of aryl methyl sites for hydroxylation is 1. The summed E-state index contributed by atoms with van der Waals surface area (Å²) in [6.07, 6.45) is 0.344. The van der Waals surface area contributed by atoms with Crippen molar-refractivity contribution in [3.05, 3.63) is 63.7 Å². The van der Waals surface area contributed by atoms with Crippen LogP contribution in [0.5, 0.6) is 5.75 Å². The zero-order chi connectivity index (χ0) is 25.8. The maximum absolute atomic E-state index is 13.6. The van der Waals surface area contributed by atoms with Gasteiger partial charge in [-0.3, -0.25) is 29.1 Å². The molecule has 2 aliphatic rings. The van der Waals surface area contributed by atoms with E-state index in [9.17, 15) is 19.2 Å². The minimum atomic E-state index is -0.844. The van der Waals surface area contributed by atoms with Crippen molar-refractivity contribution in [2.45, 2.75) is 57.9 Å². The van der Waals surface area contributed by atoms with E-state index in [1.165, 1.54) is 4.57 Å². The minimum Gasteiger partial charge on any atom is -0.492 e. The van der Waals surface area contributed by atoms with Crippen molar-refractivity contribution in [3.63, 3.8) is 0 Å². The van der Waals surface area contributed by atoms with E-state index in [-0.39, 0.29) is 42.1 Å². The van der Waals surface area contributed by atoms with Crippen LogP contribution < -0.4 is 20.9 Å². The Balaban J connectivity index is 1.50. The van der Waals surface area contributed by atoms with Gasteiger partial charge >= 0.3 is 0 Å². The van der Waals surface area contributed by atoms with Crippen molar-refractivity contribution in [1.82, 2.24) is 14.9 Å². The molecule has 3 aromatic rings. The van der Waals surface area contributed by atoms with Crippen molar-refractivity contribution in [2.75, 3.05) is 11.9 Å². The summed E-state index contributed by atoms with van der Waals surface area (Å²) in [7, 11) is 0. The predicted molar refractivity (Wildman–Crippen MR) is 134 cm³/mol. The molecule has 1 aromatic heterocycles. The molecule has 2 aromatic carbocycles. The Labute approximate surface area is 207 Å². The van der Waals surface area contributed by atoms with E-state index in [0.717, 1.165) is 11.1 Å². The maximum Gasteiger partial charge on any atom is 0.264 e. The third kappa shape index (κ3) is 4.04. The number of anilines is 1. The maximum atomic E-state index is 13.6. The lowest BCUT2D eigenvalue weighted by atomic mass is 9.85. The molecule has 9 nitrogen and oxygen atoms in total. The number of ether oxygens (including phenoxy) is 1. The van der Waals surface area contributed by atoms with Gasteiger partial charge in [0.25, 0.3) is 5.56 Å². The van der Waals surface area contributed by atoms with Crippen LogP contribution in [0.1, 0.15) is 62.5 Å². The standard InChI is InChI=1S/C27H28N4O5/c1-14-28-18-6-5-7-19(23(18)26(35)31(14)20-10-11-22(32)30-25(20)34)29-24(33)17-13-36-21-12-15(27(2,3)4)8-9-16(17)21/h5-9,12,17,20H,10-11,13H2,1-4H3,(H,29,33)(H,30,32,34). The highest BCUT2D eigenvalue weighted by Crippen LogP contribution is 2.38. The van der Waals surface area contributed by atoms with Crippen LogP contribution in [0.4, 0.5) is 5.69 Å². The molecule has 1 saturated heterocycles. The van der Waals surface area contributed by atoms with Gasteiger partial charge in [0.05, 0.1) is 16.6 Å². The lowest BCUT2D eigenvalue weighted by molar-refractivity contribution is -0.135. The second-order valence-corrected chi connectivity index (χ2v) is 10.4. The molecule has 0 saturated carbocycles. The number of aromatic nitrogens is 2. The highest BCUT2D eigenvalue weighted by Gasteiger charge is 2.33. The van der Waals surface area contributed by atoms with E-state index in [0.29, 0.717) is 22.8 Å². The number of nitrogens with one attached hydrogen (secondary N) is 2. The molecule has 0 spiro atoms. The highest BCUT2D eigenvalue weighted by molar-refractivity contribution is 6.04. The summed E-state index contributed by atoms with van der Waals surface area (Å²) in [6, 6.07) is 10.1. The largest absolute Gasteiger partial charge is 0.492 e. The van der Waals surface area contributed by atoms with Gasteiger partial charge in [-0.1, -0.05) is 39.0 Å². The van der Waals surface area contributed by atoms with Gasteiger partial charge in [0.2, 0.25) is 17.7 Å². The molecule has 5 rings (SSSR count). The predicted octanol–water partition coefficient (Wildman–Crippen LogP) is 3.09. The number of fused-ring (bicyclic) bond motifs is 2. The quantitative estimate of drug-likeness (QED) is 0.547. The first-order chi connectivity index (χ1) is 17.0. The number of amides is 3. The number of hydrogen-bond acceptors (Lipinski definition) is 6. The molecule has 0 aliphatic carbocycles. The Morgan fingerprint density at radius 3 is 2.67 bits per heavy atom. The molecule has 1 fully saturated rings. The SMILES string of the molecule is Cc1nc2cccc(NC(=O)C3COc4cc(C(C)(C)C)ccc43)c2c(=O)n1C1CCC(=O)NC1=O. The molecule has 2 atom stereocenters. The number of imide groups is 1. The van der Waals surface area contributed by atoms with Crippen molar-refractivity contribution < 1.29 is 19.1 Å². The van der Waals surface area contributed by atoms with Crippen LogP contribution in [0.3, 0.4) is 0 Å². The van der Waals surface area contributed by atoms with Crippen LogP contribution >= 0.6 is 0 Å². The van der Waals surface area contributed by atoms with E-state index < -0.39 is 23.4 Å². The van der Waals surface area contributed by atoms with E-state index >= 15 is 0 Å². The lowest BCUT2D eigenvalue weighted by Gasteiger charge is -2.24. The smallest absolute Gasteiger partial charge is 0.264 e. The first kappa shape index (κ1) is 23.7. The molecule has 3 heterocycles. The topological polar surface area (TPSA) is 119 Å². The Bertz CT molecular complexity index is 1480. The average molecular weight is 489 g/mol. The van der Waals surface area contributed by atoms with E-state index in [1.54, 1.807) is 25.1 Å². The Hall–Kier alpha value is -4.01. The zero-order valence-corrected chi connectivity index (χ0v) is 20.7. The zero-order valence-electron chi connectivity index (χ0n) is 20.7. The van der Waals surface area contributed by atoms with Crippen LogP contribution in [0, 0.1) is 6.92 Å². The summed E-state index contributed by atoms with van der Waals surface area (Å²) in [4.78, 5) is 55.5. The van der Waals surface area contributed by atoms with Gasteiger partial charge < -0.3 is 10.1 Å². The number of nitrogens with zero attached hydrogens (tertiary/aromatic N) is 2. The van der Waals surface area contributed by atoms with E-state index in [4.69, 9.17) is 4.74 Å². The summed E-state index contributed by atoms with van der Waals surface area (Å²) < 4.78 is 7.15. The first-order valence-electron chi connectivity index (χ1n) is 12.0. The molecule has 0 bridgehead atoms. The van der Waals surface area contributed by atoms with Gasteiger partial charge in [0.1, 0.15) is 30.1 Å². The van der Waals surface area contributed by atoms with Gasteiger partial charge in [0.15, 0.2) is 0 Å². The summed E-state index contributed by atoms with van der Waals surface area (Å²) >= 11 is 0. The minimum absolute atomic E-state index is 0.0464. The number of benzene rings is 2.